The van der Waals surface area contributed by atoms with E-state index < -0.39 is 6.09 Å². The van der Waals surface area contributed by atoms with Crippen LogP contribution in [0.1, 0.15) is 6.92 Å². The Morgan fingerprint density at radius 3 is 3.00 bits per heavy atom. The van der Waals surface area contributed by atoms with Crippen LogP contribution in [0.2, 0.25) is 5.02 Å². The second kappa shape index (κ2) is 4.02. The van der Waals surface area contributed by atoms with Gasteiger partial charge < -0.3 is 4.74 Å². The van der Waals surface area contributed by atoms with E-state index in [9.17, 15) is 9.59 Å². The van der Waals surface area contributed by atoms with E-state index >= 15 is 0 Å². The van der Waals surface area contributed by atoms with Crippen LogP contribution < -0.4 is 5.56 Å². The number of nitrogens with zero attached hydrogens (tertiary/aromatic N) is 1. The summed E-state index contributed by atoms with van der Waals surface area (Å²) in [4.78, 5) is 23.0. The molecule has 6 heteroatoms. The van der Waals surface area contributed by atoms with Crippen LogP contribution in [0.15, 0.2) is 23.0 Å². The number of carbonyl (C=O) groups is 1. The lowest BCUT2D eigenvalue weighted by Gasteiger charge is -2.02. The number of H-pyrrole nitrogens is 1. The van der Waals surface area contributed by atoms with Gasteiger partial charge in [-0.3, -0.25) is 9.89 Å². The van der Waals surface area contributed by atoms with E-state index in [0.717, 1.165) is 4.68 Å². The van der Waals surface area contributed by atoms with Gasteiger partial charge in [-0.05, 0) is 25.1 Å². The van der Waals surface area contributed by atoms with Crippen molar-refractivity contribution in [3.8, 4) is 0 Å². The highest BCUT2D eigenvalue weighted by Gasteiger charge is 2.13. The van der Waals surface area contributed by atoms with Gasteiger partial charge in [0.25, 0.3) is 5.56 Å². The first-order valence-corrected chi connectivity index (χ1v) is 5.08. The summed E-state index contributed by atoms with van der Waals surface area (Å²) < 4.78 is 5.85. The van der Waals surface area contributed by atoms with Gasteiger partial charge in [-0.25, -0.2) is 4.79 Å². The molecule has 5 nitrogen and oxygen atoms in total. The van der Waals surface area contributed by atoms with Gasteiger partial charge in [0.1, 0.15) is 0 Å². The van der Waals surface area contributed by atoms with E-state index in [1.54, 1.807) is 19.1 Å². The molecule has 0 bridgehead atoms. The molecule has 0 amide bonds. The molecule has 0 atom stereocenters. The van der Waals surface area contributed by atoms with Gasteiger partial charge in [-0.1, -0.05) is 11.6 Å². The third kappa shape index (κ3) is 1.69. The minimum atomic E-state index is -0.628. The number of rotatable bonds is 1. The molecule has 0 saturated carbocycles. The standard InChI is InChI=1S/C10H9ClN2O3/c1-2-16-10(15)13-8-5-6(11)3-4-7(8)9(14)12-13/h3-5H,2H2,1H3,(H,12,14). The van der Waals surface area contributed by atoms with E-state index in [-0.39, 0.29) is 12.2 Å². The Balaban J connectivity index is 2.66. The van der Waals surface area contributed by atoms with Crippen LogP contribution in [-0.4, -0.2) is 22.5 Å². The Hall–Kier alpha value is -1.75. The molecule has 0 radical (unpaired) electrons. The summed E-state index contributed by atoms with van der Waals surface area (Å²) >= 11 is 5.80. The lowest BCUT2D eigenvalue weighted by molar-refractivity contribution is 0.151. The predicted molar refractivity (Wildman–Crippen MR) is 60.0 cm³/mol. The third-order valence-electron chi connectivity index (χ3n) is 2.11. The maximum absolute atomic E-state index is 11.5. The minimum absolute atomic E-state index is 0.237. The Kier molecular flexibility index (Phi) is 2.70. The molecule has 1 aromatic heterocycles. The first-order valence-electron chi connectivity index (χ1n) is 4.71. The molecule has 1 aromatic carbocycles. The number of hydrogen-bond donors (Lipinski definition) is 1. The number of halogens is 1. The molecule has 0 unspecified atom stereocenters. The predicted octanol–water partition coefficient (Wildman–Crippen LogP) is 1.99. The molecule has 2 aromatic rings. The zero-order valence-electron chi connectivity index (χ0n) is 8.49. The second-order valence-electron chi connectivity index (χ2n) is 3.14. The van der Waals surface area contributed by atoms with Gasteiger partial charge in [-0.15, -0.1) is 0 Å². The Labute approximate surface area is 95.6 Å². The second-order valence-corrected chi connectivity index (χ2v) is 3.57. The van der Waals surface area contributed by atoms with Crippen molar-refractivity contribution < 1.29 is 9.53 Å². The maximum atomic E-state index is 11.5. The molecule has 0 aliphatic carbocycles. The number of nitrogens with one attached hydrogen (secondary N) is 1. The van der Waals surface area contributed by atoms with Crippen molar-refractivity contribution in [3.05, 3.63) is 33.6 Å². The first kappa shape index (κ1) is 10.8. The lowest BCUT2D eigenvalue weighted by atomic mass is 10.2. The van der Waals surface area contributed by atoms with Gasteiger partial charge in [0.05, 0.1) is 17.5 Å². The number of benzene rings is 1. The summed E-state index contributed by atoms with van der Waals surface area (Å²) in [6, 6.07) is 4.69. The van der Waals surface area contributed by atoms with E-state index in [1.165, 1.54) is 6.07 Å². The summed E-state index contributed by atoms with van der Waals surface area (Å²) in [7, 11) is 0. The summed E-state index contributed by atoms with van der Waals surface area (Å²) in [5, 5.41) is 3.24. The van der Waals surface area contributed by atoms with Crippen molar-refractivity contribution in [2.24, 2.45) is 0 Å². The van der Waals surface area contributed by atoms with E-state index in [2.05, 4.69) is 5.10 Å². The van der Waals surface area contributed by atoms with Crippen molar-refractivity contribution >= 4 is 28.6 Å². The molecule has 16 heavy (non-hydrogen) atoms. The molecule has 0 spiro atoms. The van der Waals surface area contributed by atoms with Gasteiger partial charge in [0.2, 0.25) is 0 Å². The van der Waals surface area contributed by atoms with Crippen LogP contribution in [0.5, 0.6) is 0 Å². The molecule has 0 saturated heterocycles. The third-order valence-corrected chi connectivity index (χ3v) is 2.34. The molecule has 84 valence electrons. The fourth-order valence-electron chi connectivity index (χ4n) is 1.44. The number of fused-ring (bicyclic) bond motifs is 1. The lowest BCUT2D eigenvalue weighted by Crippen LogP contribution is -2.17. The van der Waals surface area contributed by atoms with Crippen molar-refractivity contribution in [1.82, 2.24) is 9.78 Å². The van der Waals surface area contributed by atoms with Crippen molar-refractivity contribution in [2.75, 3.05) is 6.61 Å². The van der Waals surface area contributed by atoms with Gasteiger partial charge in [0.15, 0.2) is 0 Å². The molecule has 2 rings (SSSR count). The zero-order chi connectivity index (χ0) is 11.7. The van der Waals surface area contributed by atoms with Crippen LogP contribution in [0.3, 0.4) is 0 Å². The van der Waals surface area contributed by atoms with Gasteiger partial charge in [-0.2, -0.15) is 4.68 Å². The molecule has 0 fully saturated rings. The highest BCUT2D eigenvalue weighted by Crippen LogP contribution is 2.16. The summed E-state index contributed by atoms with van der Waals surface area (Å²) in [5.41, 5.74) is 0.0654. The van der Waals surface area contributed by atoms with Gasteiger partial charge in [0, 0.05) is 5.02 Å². The number of hydrogen-bond acceptors (Lipinski definition) is 3. The fraction of sp³-hybridized carbons (Fsp3) is 0.200. The number of carbonyl (C=O) groups excluding carboxylic acids is 1. The largest absolute Gasteiger partial charge is 0.448 e. The Morgan fingerprint density at radius 1 is 1.56 bits per heavy atom. The molecular weight excluding hydrogens is 232 g/mol. The average molecular weight is 241 g/mol. The van der Waals surface area contributed by atoms with Crippen molar-refractivity contribution in [2.45, 2.75) is 6.92 Å². The summed E-state index contributed by atoms with van der Waals surface area (Å²) in [6.45, 7) is 1.93. The topological polar surface area (TPSA) is 64.1 Å². The Bertz CT molecular complexity index is 600. The molecular formula is C10H9ClN2O3. The van der Waals surface area contributed by atoms with E-state index in [0.29, 0.717) is 15.9 Å². The SMILES string of the molecule is CCOC(=O)n1[nH]c(=O)c2ccc(Cl)cc21. The molecule has 1 heterocycles. The summed E-state index contributed by atoms with van der Waals surface area (Å²) in [6.07, 6.45) is -0.628. The zero-order valence-corrected chi connectivity index (χ0v) is 9.25. The number of aromatic nitrogens is 2. The van der Waals surface area contributed by atoms with Crippen LogP contribution in [0.4, 0.5) is 4.79 Å². The fourth-order valence-corrected chi connectivity index (χ4v) is 1.60. The van der Waals surface area contributed by atoms with Crippen molar-refractivity contribution in [3.63, 3.8) is 0 Å². The first-order chi connectivity index (χ1) is 7.63. The monoisotopic (exact) mass is 240 g/mol. The smallest absolute Gasteiger partial charge is 0.433 e. The van der Waals surface area contributed by atoms with Gasteiger partial charge >= 0.3 is 6.09 Å². The summed E-state index contributed by atoms with van der Waals surface area (Å²) in [5.74, 6) is 0. The maximum Gasteiger partial charge on any atom is 0.433 e. The average Bonchev–Trinajstić information content (AvgIpc) is 2.56. The Morgan fingerprint density at radius 2 is 2.31 bits per heavy atom. The van der Waals surface area contributed by atoms with Crippen molar-refractivity contribution in [1.29, 1.82) is 0 Å². The highest BCUT2D eigenvalue weighted by molar-refractivity contribution is 6.31. The molecule has 0 aliphatic heterocycles. The molecule has 1 N–H and O–H groups in total. The normalized spacial score (nSPS) is 10.6. The quantitative estimate of drug-likeness (QED) is 0.829. The van der Waals surface area contributed by atoms with Crippen LogP contribution in [0.25, 0.3) is 10.9 Å². The minimum Gasteiger partial charge on any atom is -0.448 e. The van der Waals surface area contributed by atoms with Crippen LogP contribution >= 0.6 is 11.6 Å². The van der Waals surface area contributed by atoms with Crippen LogP contribution in [-0.2, 0) is 4.74 Å². The number of aromatic amines is 1. The number of ether oxygens (including phenoxy) is 1. The highest BCUT2D eigenvalue weighted by atomic mass is 35.5. The van der Waals surface area contributed by atoms with E-state index in [1.807, 2.05) is 0 Å². The van der Waals surface area contributed by atoms with E-state index in [4.69, 9.17) is 16.3 Å². The molecule has 0 aliphatic rings. The van der Waals surface area contributed by atoms with Crippen LogP contribution in [0, 0.1) is 0 Å².